The summed E-state index contributed by atoms with van der Waals surface area (Å²) in [5, 5.41) is 0. The van der Waals surface area contributed by atoms with E-state index in [4.69, 9.17) is 18.9 Å². The Balaban J connectivity index is 1.89. The van der Waals surface area contributed by atoms with E-state index in [1.165, 1.54) is 26.9 Å². The van der Waals surface area contributed by atoms with E-state index < -0.39 is 5.97 Å². The average molecular weight is 371 g/mol. The number of esters is 1. The highest BCUT2D eigenvalue weighted by atomic mass is 16.5. The summed E-state index contributed by atoms with van der Waals surface area (Å²) in [6, 6.07) is 9.05. The second-order valence-corrected chi connectivity index (χ2v) is 6.32. The van der Waals surface area contributed by atoms with Crippen LogP contribution in [-0.4, -0.2) is 45.3 Å². The van der Waals surface area contributed by atoms with Gasteiger partial charge in [0.05, 0.1) is 26.9 Å². The molecular formula is C21H25NO5. The number of carbonyl (C=O) groups excluding carboxylic acids is 1. The van der Waals surface area contributed by atoms with E-state index in [1.807, 2.05) is 12.1 Å². The van der Waals surface area contributed by atoms with Crippen molar-refractivity contribution < 1.29 is 23.7 Å². The Morgan fingerprint density at radius 3 is 2.33 bits per heavy atom. The Morgan fingerprint density at radius 1 is 1.04 bits per heavy atom. The van der Waals surface area contributed by atoms with Crippen LogP contribution in [0.25, 0.3) is 0 Å². The topological polar surface area (TPSA) is 57.2 Å². The predicted octanol–water partition coefficient (Wildman–Crippen LogP) is 3.31. The molecule has 0 amide bonds. The summed E-state index contributed by atoms with van der Waals surface area (Å²) in [4.78, 5) is 15.1. The first-order valence-electron chi connectivity index (χ1n) is 8.96. The van der Waals surface area contributed by atoms with Crippen molar-refractivity contribution in [2.75, 3.05) is 34.4 Å². The molecule has 0 atom stereocenters. The first-order chi connectivity index (χ1) is 13.1. The number of likely N-dealkylation sites (N-methyl/N-ethyl adjacent to an activating group) is 1. The molecular weight excluding hydrogens is 346 g/mol. The molecule has 0 fully saturated rings. The number of rotatable bonds is 6. The van der Waals surface area contributed by atoms with Crippen LogP contribution in [0.1, 0.15) is 28.4 Å². The summed E-state index contributed by atoms with van der Waals surface area (Å²) in [7, 11) is 4.55. The van der Waals surface area contributed by atoms with Crippen LogP contribution in [0.3, 0.4) is 0 Å². The maximum absolute atomic E-state index is 12.8. The van der Waals surface area contributed by atoms with Crippen LogP contribution < -0.4 is 18.9 Å². The number of hydrogen-bond donors (Lipinski definition) is 0. The van der Waals surface area contributed by atoms with Gasteiger partial charge in [0.25, 0.3) is 0 Å². The summed E-state index contributed by atoms with van der Waals surface area (Å²) >= 11 is 0. The lowest BCUT2D eigenvalue weighted by Gasteiger charge is -2.28. The van der Waals surface area contributed by atoms with Crippen molar-refractivity contribution in [2.24, 2.45) is 0 Å². The SMILES string of the molecule is CCN1CCc2c(cccc2OC(=O)c2cc(OC)c(OC)c(OC)c2)C1. The molecule has 0 saturated heterocycles. The van der Waals surface area contributed by atoms with Gasteiger partial charge in [-0.2, -0.15) is 0 Å². The van der Waals surface area contributed by atoms with Crippen LogP contribution in [0.5, 0.6) is 23.0 Å². The molecule has 144 valence electrons. The fourth-order valence-corrected chi connectivity index (χ4v) is 3.36. The first-order valence-corrected chi connectivity index (χ1v) is 8.96. The van der Waals surface area contributed by atoms with Gasteiger partial charge in [0.15, 0.2) is 11.5 Å². The molecule has 1 aliphatic heterocycles. The Morgan fingerprint density at radius 2 is 1.74 bits per heavy atom. The fraction of sp³-hybridized carbons (Fsp3) is 0.381. The minimum absolute atomic E-state index is 0.341. The minimum atomic E-state index is -0.458. The van der Waals surface area contributed by atoms with Gasteiger partial charge in [-0.25, -0.2) is 4.79 Å². The van der Waals surface area contributed by atoms with Gasteiger partial charge >= 0.3 is 5.97 Å². The van der Waals surface area contributed by atoms with Crippen molar-refractivity contribution in [1.82, 2.24) is 4.90 Å². The van der Waals surface area contributed by atoms with Crippen LogP contribution in [0.2, 0.25) is 0 Å². The monoisotopic (exact) mass is 371 g/mol. The molecule has 2 aromatic rings. The Kier molecular flexibility index (Phi) is 5.86. The molecule has 1 aliphatic rings. The molecule has 27 heavy (non-hydrogen) atoms. The number of methoxy groups -OCH3 is 3. The third-order valence-electron chi connectivity index (χ3n) is 4.85. The van der Waals surface area contributed by atoms with E-state index >= 15 is 0 Å². The normalized spacial score (nSPS) is 13.6. The molecule has 6 heteroatoms. The fourth-order valence-electron chi connectivity index (χ4n) is 3.36. The van der Waals surface area contributed by atoms with E-state index in [0.29, 0.717) is 28.6 Å². The lowest BCUT2D eigenvalue weighted by atomic mass is 9.99. The maximum atomic E-state index is 12.8. The molecule has 0 radical (unpaired) electrons. The molecule has 0 bridgehead atoms. The molecule has 0 aliphatic carbocycles. The number of benzene rings is 2. The van der Waals surface area contributed by atoms with Crippen LogP contribution in [0.15, 0.2) is 30.3 Å². The second-order valence-electron chi connectivity index (χ2n) is 6.32. The predicted molar refractivity (Wildman–Crippen MR) is 102 cm³/mol. The zero-order chi connectivity index (χ0) is 19.4. The van der Waals surface area contributed by atoms with Gasteiger partial charge in [0.1, 0.15) is 5.75 Å². The first kappa shape index (κ1) is 19.0. The lowest BCUT2D eigenvalue weighted by molar-refractivity contribution is 0.0731. The zero-order valence-corrected chi connectivity index (χ0v) is 16.2. The van der Waals surface area contributed by atoms with E-state index in [9.17, 15) is 4.79 Å². The van der Waals surface area contributed by atoms with Crippen LogP contribution in [0.4, 0.5) is 0 Å². The minimum Gasteiger partial charge on any atom is -0.493 e. The van der Waals surface area contributed by atoms with Crippen molar-refractivity contribution in [2.45, 2.75) is 19.9 Å². The largest absolute Gasteiger partial charge is 0.493 e. The molecule has 0 spiro atoms. The van der Waals surface area contributed by atoms with Gasteiger partial charge in [0, 0.05) is 18.7 Å². The summed E-state index contributed by atoms with van der Waals surface area (Å²) in [5.41, 5.74) is 2.65. The van der Waals surface area contributed by atoms with E-state index in [-0.39, 0.29) is 0 Å². The molecule has 2 aromatic carbocycles. The number of ether oxygens (including phenoxy) is 4. The van der Waals surface area contributed by atoms with Gasteiger partial charge in [-0.3, -0.25) is 4.90 Å². The van der Waals surface area contributed by atoms with E-state index in [2.05, 4.69) is 17.9 Å². The molecule has 6 nitrogen and oxygen atoms in total. The van der Waals surface area contributed by atoms with Gasteiger partial charge in [-0.05, 0) is 36.7 Å². The van der Waals surface area contributed by atoms with Crippen molar-refractivity contribution in [3.63, 3.8) is 0 Å². The maximum Gasteiger partial charge on any atom is 0.343 e. The van der Waals surface area contributed by atoms with E-state index in [0.717, 1.165) is 31.6 Å². The quantitative estimate of drug-likeness (QED) is 0.574. The number of carbonyl (C=O) groups is 1. The molecule has 0 aromatic heterocycles. The summed E-state index contributed by atoms with van der Waals surface area (Å²) in [6.07, 6.45) is 0.863. The molecule has 0 unspecified atom stereocenters. The average Bonchev–Trinajstić information content (AvgIpc) is 2.72. The Labute approximate surface area is 159 Å². The highest BCUT2D eigenvalue weighted by molar-refractivity contribution is 5.93. The lowest BCUT2D eigenvalue weighted by Crippen LogP contribution is -2.30. The second kappa shape index (κ2) is 8.31. The number of nitrogens with zero attached hydrogens (tertiary/aromatic N) is 1. The van der Waals surface area contributed by atoms with Crippen molar-refractivity contribution in [3.8, 4) is 23.0 Å². The van der Waals surface area contributed by atoms with Gasteiger partial charge in [0.2, 0.25) is 5.75 Å². The smallest absolute Gasteiger partial charge is 0.343 e. The van der Waals surface area contributed by atoms with Crippen LogP contribution >= 0.6 is 0 Å². The summed E-state index contributed by atoms with van der Waals surface area (Å²) < 4.78 is 21.7. The molecule has 0 saturated carbocycles. The number of fused-ring (bicyclic) bond motifs is 1. The molecule has 0 N–H and O–H groups in total. The number of hydrogen-bond acceptors (Lipinski definition) is 6. The Bertz CT molecular complexity index is 808. The Hall–Kier alpha value is -2.73. The standard InChI is InChI=1S/C21H25NO5/c1-5-22-10-9-16-14(13-22)7-6-8-17(16)27-21(23)15-11-18(24-2)20(26-4)19(12-15)25-3/h6-8,11-12H,5,9-10,13H2,1-4H3. The van der Waals surface area contributed by atoms with Gasteiger partial charge in [-0.1, -0.05) is 19.1 Å². The van der Waals surface area contributed by atoms with Gasteiger partial charge < -0.3 is 18.9 Å². The highest BCUT2D eigenvalue weighted by Gasteiger charge is 2.22. The van der Waals surface area contributed by atoms with E-state index in [1.54, 1.807) is 12.1 Å². The zero-order valence-electron chi connectivity index (χ0n) is 16.2. The molecule has 3 rings (SSSR count). The summed E-state index contributed by atoms with van der Waals surface area (Å²) in [6.45, 7) is 5.00. The third-order valence-corrected chi connectivity index (χ3v) is 4.85. The summed E-state index contributed by atoms with van der Waals surface area (Å²) in [5.74, 6) is 1.42. The van der Waals surface area contributed by atoms with Crippen LogP contribution in [0, 0.1) is 0 Å². The van der Waals surface area contributed by atoms with Crippen molar-refractivity contribution in [1.29, 1.82) is 0 Å². The third kappa shape index (κ3) is 3.85. The molecule has 1 heterocycles. The van der Waals surface area contributed by atoms with Crippen molar-refractivity contribution >= 4 is 5.97 Å². The highest BCUT2D eigenvalue weighted by Crippen LogP contribution is 2.38. The van der Waals surface area contributed by atoms with Crippen LogP contribution in [-0.2, 0) is 13.0 Å². The van der Waals surface area contributed by atoms with Crippen molar-refractivity contribution in [3.05, 3.63) is 47.0 Å². The van der Waals surface area contributed by atoms with Gasteiger partial charge in [-0.15, -0.1) is 0 Å².